The molecule has 0 aliphatic rings. The van der Waals surface area contributed by atoms with Crippen LogP contribution in [-0.4, -0.2) is 41.2 Å². The molecule has 8 heteroatoms. The van der Waals surface area contributed by atoms with Crippen molar-refractivity contribution in [3.8, 4) is 22.5 Å². The maximum absolute atomic E-state index is 12.8. The van der Waals surface area contributed by atoms with Gasteiger partial charge in [0.2, 0.25) is 17.4 Å². The second-order valence-electron chi connectivity index (χ2n) is 7.92. The van der Waals surface area contributed by atoms with Crippen LogP contribution in [0.2, 0.25) is 0 Å². The molecule has 0 spiro atoms. The van der Waals surface area contributed by atoms with Gasteiger partial charge in [-0.15, -0.1) is 15.3 Å². The van der Waals surface area contributed by atoms with Gasteiger partial charge in [-0.05, 0) is 28.3 Å². The van der Waals surface area contributed by atoms with Gasteiger partial charge in [0.15, 0.2) is 0 Å². The molecule has 8 nitrogen and oxygen atoms in total. The van der Waals surface area contributed by atoms with E-state index in [1.165, 1.54) is 0 Å². The summed E-state index contributed by atoms with van der Waals surface area (Å²) in [7, 11) is 0. The zero-order valence-corrected chi connectivity index (χ0v) is 18.7. The van der Waals surface area contributed by atoms with Crippen molar-refractivity contribution in [2.75, 3.05) is 0 Å². The van der Waals surface area contributed by atoms with Crippen LogP contribution in [-0.2, 0) is 13.0 Å². The van der Waals surface area contributed by atoms with Gasteiger partial charge in [0.25, 0.3) is 0 Å². The Labute approximate surface area is 196 Å². The van der Waals surface area contributed by atoms with E-state index in [9.17, 15) is 4.79 Å². The third-order valence-corrected chi connectivity index (χ3v) is 5.56. The molecule has 0 amide bonds. The smallest absolute Gasteiger partial charge is 0.232 e. The van der Waals surface area contributed by atoms with Crippen molar-refractivity contribution in [2.45, 2.75) is 26.3 Å². The van der Waals surface area contributed by atoms with Crippen LogP contribution in [0.15, 0.2) is 78.9 Å². The fourth-order valence-electron chi connectivity index (χ4n) is 3.90. The highest BCUT2D eigenvalue weighted by Gasteiger charge is 2.18. The number of nitrogens with zero attached hydrogens (tertiary/aromatic N) is 6. The second-order valence-corrected chi connectivity index (χ2v) is 7.92. The number of aryl methyl sites for hydroxylation is 1. The average molecular weight is 450 g/mol. The van der Waals surface area contributed by atoms with Crippen molar-refractivity contribution in [2.24, 2.45) is 0 Å². The van der Waals surface area contributed by atoms with E-state index in [1.807, 2.05) is 47.1 Å². The Morgan fingerprint density at radius 1 is 0.912 bits per heavy atom. The highest BCUT2D eigenvalue weighted by Crippen LogP contribution is 2.30. The summed E-state index contributed by atoms with van der Waals surface area (Å²) in [5, 5.41) is 18.9. The van der Waals surface area contributed by atoms with Crippen LogP contribution in [0.4, 0.5) is 0 Å². The minimum Gasteiger partial charge on any atom is -0.285 e. The maximum atomic E-state index is 12.8. The Hall–Kier alpha value is -4.46. The van der Waals surface area contributed by atoms with Crippen LogP contribution in [0.3, 0.4) is 0 Å². The molecule has 0 fully saturated rings. The van der Waals surface area contributed by atoms with Gasteiger partial charge < -0.3 is 0 Å². The lowest BCUT2D eigenvalue weighted by Crippen LogP contribution is -2.07. The van der Waals surface area contributed by atoms with Crippen molar-refractivity contribution in [1.29, 1.82) is 0 Å². The highest BCUT2D eigenvalue weighted by atomic mass is 16.1. The van der Waals surface area contributed by atoms with E-state index in [2.05, 4.69) is 61.9 Å². The molecular weight excluding hydrogens is 426 g/mol. The van der Waals surface area contributed by atoms with Gasteiger partial charge in [0, 0.05) is 24.1 Å². The monoisotopic (exact) mass is 449 g/mol. The van der Waals surface area contributed by atoms with Crippen LogP contribution < -0.4 is 0 Å². The number of ketones is 1. The molecular formula is C26H23N7O. The molecule has 0 aliphatic heterocycles. The van der Waals surface area contributed by atoms with Crippen LogP contribution in [0.25, 0.3) is 22.5 Å². The fourth-order valence-corrected chi connectivity index (χ4v) is 3.90. The predicted molar refractivity (Wildman–Crippen MR) is 128 cm³/mol. The number of nitrogens with one attached hydrogen (secondary N) is 1. The third kappa shape index (κ3) is 4.38. The molecule has 0 aliphatic carbocycles. The second kappa shape index (κ2) is 9.58. The number of hydrogen-bond donors (Lipinski definition) is 1. The van der Waals surface area contributed by atoms with Crippen molar-refractivity contribution < 1.29 is 4.79 Å². The summed E-state index contributed by atoms with van der Waals surface area (Å²) >= 11 is 0. The summed E-state index contributed by atoms with van der Waals surface area (Å²) in [4.78, 5) is 17.4. The molecule has 0 saturated heterocycles. The quantitative estimate of drug-likeness (QED) is 0.353. The maximum Gasteiger partial charge on any atom is 0.232 e. The standard InChI is InChI=1S/C26H23N7O/c1-2-16-33-23(27-26(30-33)24(34)20-8-4-3-5-9-20)17-18-12-14-19(15-13-18)21-10-6-7-11-22(21)25-28-31-32-29-25/h3-15H,2,16-17H2,1H3,(H,28,29,31,32). The van der Waals surface area contributed by atoms with E-state index in [1.54, 1.807) is 12.1 Å². The van der Waals surface area contributed by atoms with Gasteiger partial charge in [-0.25, -0.2) is 9.67 Å². The first-order valence-electron chi connectivity index (χ1n) is 11.2. The number of hydrogen-bond acceptors (Lipinski definition) is 6. The van der Waals surface area contributed by atoms with Gasteiger partial charge in [-0.3, -0.25) is 4.79 Å². The first kappa shape index (κ1) is 21.4. The normalized spacial score (nSPS) is 11.0. The molecule has 3 aromatic carbocycles. The largest absolute Gasteiger partial charge is 0.285 e. The Morgan fingerprint density at radius 2 is 1.65 bits per heavy atom. The van der Waals surface area contributed by atoms with Crippen molar-refractivity contribution >= 4 is 5.78 Å². The van der Waals surface area contributed by atoms with Gasteiger partial charge in [-0.1, -0.05) is 85.8 Å². The Balaban J connectivity index is 1.41. The van der Waals surface area contributed by atoms with Crippen molar-refractivity contribution in [3.63, 3.8) is 0 Å². The topological polar surface area (TPSA) is 102 Å². The number of carbonyl (C=O) groups excluding carboxylic acids is 1. The van der Waals surface area contributed by atoms with Gasteiger partial charge in [0.05, 0.1) is 0 Å². The van der Waals surface area contributed by atoms with E-state index < -0.39 is 0 Å². The minimum atomic E-state index is -0.162. The first-order valence-corrected chi connectivity index (χ1v) is 11.2. The number of carbonyl (C=O) groups is 1. The Morgan fingerprint density at radius 3 is 2.35 bits per heavy atom. The molecule has 0 saturated carbocycles. The van der Waals surface area contributed by atoms with E-state index in [4.69, 9.17) is 0 Å². The average Bonchev–Trinajstić information content (AvgIpc) is 3.56. The minimum absolute atomic E-state index is 0.162. The Bertz CT molecular complexity index is 1390. The number of H-pyrrole nitrogens is 1. The van der Waals surface area contributed by atoms with Gasteiger partial charge in [-0.2, -0.15) is 5.21 Å². The van der Waals surface area contributed by atoms with Gasteiger partial charge in [0.1, 0.15) is 5.82 Å². The predicted octanol–water partition coefficient (Wildman–Crippen LogP) is 4.36. The molecule has 2 heterocycles. The highest BCUT2D eigenvalue weighted by molar-refractivity contribution is 6.06. The number of aromatic amines is 1. The molecule has 1 N–H and O–H groups in total. The summed E-state index contributed by atoms with van der Waals surface area (Å²) in [5.41, 5.74) is 4.67. The van der Waals surface area contributed by atoms with Gasteiger partial charge >= 0.3 is 0 Å². The zero-order chi connectivity index (χ0) is 23.3. The van der Waals surface area contributed by atoms with E-state index >= 15 is 0 Å². The van der Waals surface area contributed by atoms with Crippen LogP contribution in [0.1, 0.15) is 40.9 Å². The lowest BCUT2D eigenvalue weighted by atomic mass is 9.98. The fraction of sp³-hybridized carbons (Fsp3) is 0.154. The lowest BCUT2D eigenvalue weighted by molar-refractivity contribution is 0.102. The lowest BCUT2D eigenvalue weighted by Gasteiger charge is -2.08. The molecule has 5 aromatic rings. The van der Waals surface area contributed by atoms with E-state index in [-0.39, 0.29) is 11.6 Å². The summed E-state index contributed by atoms with van der Waals surface area (Å²) < 4.78 is 1.84. The Kier molecular flexibility index (Phi) is 6.03. The number of aromatic nitrogens is 7. The molecule has 34 heavy (non-hydrogen) atoms. The summed E-state index contributed by atoms with van der Waals surface area (Å²) in [6.07, 6.45) is 1.49. The molecule has 0 bridgehead atoms. The summed E-state index contributed by atoms with van der Waals surface area (Å²) in [6, 6.07) is 25.4. The molecule has 0 unspecified atom stereocenters. The number of tetrazole rings is 1. The van der Waals surface area contributed by atoms with E-state index in [0.29, 0.717) is 24.4 Å². The molecule has 5 rings (SSSR count). The molecule has 0 atom stereocenters. The van der Waals surface area contributed by atoms with Crippen molar-refractivity contribution in [3.05, 3.63) is 102 Å². The van der Waals surface area contributed by atoms with Crippen LogP contribution in [0, 0.1) is 0 Å². The van der Waals surface area contributed by atoms with Crippen molar-refractivity contribution in [1.82, 2.24) is 35.4 Å². The summed E-state index contributed by atoms with van der Waals surface area (Å²) in [5.74, 6) is 1.41. The van der Waals surface area contributed by atoms with E-state index in [0.717, 1.165) is 34.5 Å². The number of rotatable bonds is 8. The van der Waals surface area contributed by atoms with Crippen LogP contribution in [0.5, 0.6) is 0 Å². The SMILES string of the molecule is CCCn1nc(C(=O)c2ccccc2)nc1Cc1ccc(-c2ccccc2-c2nn[nH]n2)cc1. The molecule has 0 radical (unpaired) electrons. The summed E-state index contributed by atoms with van der Waals surface area (Å²) in [6.45, 7) is 2.79. The van der Waals surface area contributed by atoms with Crippen LogP contribution >= 0.6 is 0 Å². The number of benzene rings is 3. The molecule has 2 aromatic heterocycles. The zero-order valence-electron chi connectivity index (χ0n) is 18.7. The third-order valence-electron chi connectivity index (χ3n) is 5.56. The first-order chi connectivity index (χ1) is 16.7. The molecule has 168 valence electrons.